The highest BCUT2D eigenvalue weighted by atomic mass is 32.2. The first-order valence-corrected chi connectivity index (χ1v) is 16.7. The zero-order valence-corrected chi connectivity index (χ0v) is 23.8. The third kappa shape index (κ3) is 6.50. The molecule has 0 saturated heterocycles. The predicted molar refractivity (Wildman–Crippen MR) is 150 cm³/mol. The first kappa shape index (κ1) is 28.0. The van der Waals surface area contributed by atoms with Gasteiger partial charge in [-0.1, -0.05) is 31.8 Å². The second-order valence-corrected chi connectivity index (χ2v) is 16.6. The lowest BCUT2D eigenvalue weighted by Crippen LogP contribution is -2.26. The summed E-state index contributed by atoms with van der Waals surface area (Å²) in [6, 6.07) is 11.0. The van der Waals surface area contributed by atoms with Gasteiger partial charge in [-0.05, 0) is 60.0 Å². The Labute approximate surface area is 227 Å². The molecule has 0 bridgehead atoms. The quantitative estimate of drug-likeness (QED) is 0.0929. The average molecular weight is 558 g/mol. The maximum Gasteiger partial charge on any atom is 0.343 e. The minimum Gasteiger partial charge on any atom is -0.484 e. The van der Waals surface area contributed by atoms with Gasteiger partial charge in [-0.3, -0.25) is 4.31 Å². The predicted octanol–water partition coefficient (Wildman–Crippen LogP) is 6.60. The van der Waals surface area contributed by atoms with Crippen molar-refractivity contribution in [1.82, 2.24) is 0 Å². The number of halogens is 1. The van der Waals surface area contributed by atoms with E-state index in [1.54, 1.807) is 24.5 Å². The highest BCUT2D eigenvalue weighted by Crippen LogP contribution is 2.46. The smallest absolute Gasteiger partial charge is 0.343 e. The van der Waals surface area contributed by atoms with E-state index in [4.69, 9.17) is 18.6 Å². The van der Waals surface area contributed by atoms with Crippen LogP contribution in [0.2, 0.25) is 25.7 Å². The van der Waals surface area contributed by atoms with Gasteiger partial charge >= 0.3 is 5.97 Å². The lowest BCUT2D eigenvalue weighted by molar-refractivity contribution is 0.0595. The summed E-state index contributed by atoms with van der Waals surface area (Å²) in [7, 11) is 0.00888. The Hall–Kier alpha value is -3.05. The second-order valence-electron chi connectivity index (χ2n) is 9.96. The molecule has 0 fully saturated rings. The fourth-order valence-electron chi connectivity index (χ4n) is 3.97. The normalized spacial score (nSPS) is 12.7. The van der Waals surface area contributed by atoms with Crippen molar-refractivity contribution in [2.45, 2.75) is 37.2 Å². The Morgan fingerprint density at radius 2 is 2.03 bits per heavy atom. The number of carbonyl (C=O) groups excluding carboxylic acids is 1. The van der Waals surface area contributed by atoms with Crippen molar-refractivity contribution in [2.24, 2.45) is 0 Å². The Bertz CT molecular complexity index is 1320. The first-order valence-electron chi connectivity index (χ1n) is 12.3. The molecule has 0 radical (unpaired) electrons. The van der Waals surface area contributed by atoms with E-state index in [0.29, 0.717) is 29.4 Å². The molecule has 1 aliphatic rings. The topological polar surface area (TPSA) is 81.4 Å². The molecule has 0 spiro atoms. The number of ether oxygens (including phenoxy) is 3. The third-order valence-corrected chi connectivity index (χ3v) is 8.76. The highest BCUT2D eigenvalue weighted by molar-refractivity contribution is 8.00. The number of carbonyl (C=O) groups is 1. The van der Waals surface area contributed by atoms with Crippen molar-refractivity contribution in [3.63, 3.8) is 0 Å². The molecule has 0 unspecified atom stereocenters. The van der Waals surface area contributed by atoms with Crippen LogP contribution in [0.3, 0.4) is 0 Å². The summed E-state index contributed by atoms with van der Waals surface area (Å²) in [6.07, 6.45) is 4.80. The lowest BCUT2D eigenvalue weighted by Gasteiger charge is -2.29. The number of anilines is 1. The van der Waals surface area contributed by atoms with Crippen LogP contribution in [0.5, 0.6) is 5.75 Å². The summed E-state index contributed by atoms with van der Waals surface area (Å²) in [4.78, 5) is 13.9. The van der Waals surface area contributed by atoms with Crippen LogP contribution >= 0.6 is 11.9 Å². The number of aliphatic hydroxyl groups is 1. The molecule has 202 valence electrons. The maximum absolute atomic E-state index is 14.1. The maximum atomic E-state index is 14.1. The molecule has 4 rings (SSSR count). The molecule has 3 aromatic rings. The van der Waals surface area contributed by atoms with E-state index in [0.717, 1.165) is 22.1 Å². The number of rotatable bonds is 11. The zero-order valence-electron chi connectivity index (χ0n) is 22.0. The molecule has 2 heterocycles. The van der Waals surface area contributed by atoms with Crippen molar-refractivity contribution < 1.29 is 32.9 Å². The van der Waals surface area contributed by atoms with Crippen molar-refractivity contribution in [3.8, 4) is 16.9 Å². The van der Waals surface area contributed by atoms with E-state index >= 15 is 0 Å². The monoisotopic (exact) mass is 557 g/mol. The van der Waals surface area contributed by atoms with Gasteiger partial charge in [0, 0.05) is 30.7 Å². The van der Waals surface area contributed by atoms with E-state index in [1.165, 1.54) is 31.2 Å². The molecule has 10 heteroatoms. The minimum atomic E-state index is -1.32. The fraction of sp³-hybridized carbons (Fsp3) is 0.321. The molecule has 1 aromatic heterocycles. The van der Waals surface area contributed by atoms with E-state index in [-0.39, 0.29) is 25.5 Å². The number of esters is 1. The Morgan fingerprint density at radius 1 is 1.21 bits per heavy atom. The number of fused-ring (bicyclic) bond motifs is 3. The molecule has 0 amide bonds. The molecule has 0 aliphatic carbocycles. The van der Waals surface area contributed by atoms with Gasteiger partial charge in [0.1, 0.15) is 36.2 Å². The first-order chi connectivity index (χ1) is 18.2. The minimum absolute atomic E-state index is 0.162. The summed E-state index contributed by atoms with van der Waals surface area (Å²) in [5.41, 5.74) is 3.01. The van der Waals surface area contributed by atoms with Crippen LogP contribution < -0.4 is 9.04 Å². The summed E-state index contributed by atoms with van der Waals surface area (Å²) < 4.78 is 38.7. The van der Waals surface area contributed by atoms with Crippen LogP contribution in [-0.4, -0.2) is 46.2 Å². The molecular formula is C28H32FNO6SSi. The highest BCUT2D eigenvalue weighted by Gasteiger charge is 2.31. The number of hydrogen-bond acceptors (Lipinski definition) is 8. The van der Waals surface area contributed by atoms with Crippen LogP contribution in [0.25, 0.3) is 17.2 Å². The van der Waals surface area contributed by atoms with Gasteiger partial charge in [0.2, 0.25) is 0 Å². The molecule has 1 aliphatic heterocycles. The number of hydrogen-bond donors (Lipinski definition) is 1. The average Bonchev–Trinajstić information content (AvgIpc) is 3.38. The van der Waals surface area contributed by atoms with Crippen LogP contribution in [-0.2, 0) is 16.1 Å². The van der Waals surface area contributed by atoms with Gasteiger partial charge in [0.25, 0.3) is 0 Å². The summed E-state index contributed by atoms with van der Waals surface area (Å²) >= 11 is 1.30. The standard InChI is InChI=1S/C28H32FNO6SSi/c1-33-28(32)26-23(9-8-22-21-11-13-35-24(21)17-36-27(22)26)30(18-34-14-15-38(2,3)4)37-25-10-7-20(29)16-19(25)6-5-12-31/h5-11,13,16,31H,12,14-15,17-18H2,1-4H3/b6-5-. The van der Waals surface area contributed by atoms with Crippen LogP contribution in [0, 0.1) is 5.82 Å². The van der Waals surface area contributed by atoms with Gasteiger partial charge in [-0.2, -0.15) is 0 Å². The Kier molecular flexibility index (Phi) is 8.98. The van der Waals surface area contributed by atoms with E-state index in [2.05, 4.69) is 19.6 Å². The number of methoxy groups -OCH3 is 1. The number of nitrogens with zero attached hydrogens (tertiary/aromatic N) is 1. The van der Waals surface area contributed by atoms with Crippen molar-refractivity contribution in [1.29, 1.82) is 0 Å². The molecular weight excluding hydrogens is 525 g/mol. The Morgan fingerprint density at radius 3 is 2.76 bits per heavy atom. The van der Waals surface area contributed by atoms with Crippen LogP contribution in [0.4, 0.5) is 10.1 Å². The van der Waals surface area contributed by atoms with Crippen LogP contribution in [0.15, 0.2) is 58.1 Å². The van der Waals surface area contributed by atoms with Crippen molar-refractivity contribution in [3.05, 3.63) is 71.4 Å². The molecule has 0 atom stereocenters. The van der Waals surface area contributed by atoms with Crippen LogP contribution in [0.1, 0.15) is 21.7 Å². The zero-order chi connectivity index (χ0) is 27.3. The number of benzene rings is 2. The fourth-order valence-corrected chi connectivity index (χ4v) is 5.71. The van der Waals surface area contributed by atoms with Gasteiger partial charge in [-0.25, -0.2) is 9.18 Å². The van der Waals surface area contributed by atoms with Gasteiger partial charge in [0.15, 0.2) is 0 Å². The van der Waals surface area contributed by atoms with E-state index in [9.17, 15) is 14.3 Å². The van der Waals surface area contributed by atoms with E-state index < -0.39 is 19.9 Å². The third-order valence-electron chi connectivity index (χ3n) is 5.97. The van der Waals surface area contributed by atoms with Gasteiger partial charge in [0.05, 0.1) is 25.7 Å². The lowest BCUT2D eigenvalue weighted by atomic mass is 9.98. The second kappa shape index (κ2) is 12.2. The van der Waals surface area contributed by atoms with Gasteiger partial charge in [-0.15, -0.1) is 0 Å². The summed E-state index contributed by atoms with van der Waals surface area (Å²) in [5, 5.41) is 9.26. The van der Waals surface area contributed by atoms with Gasteiger partial charge < -0.3 is 23.7 Å². The molecule has 7 nitrogen and oxygen atoms in total. The SMILES string of the molecule is COC(=O)c1c(N(COCC[Si](C)(C)C)Sc2ccc(F)cc2/C=C\CO)ccc2c1OCc1occc1-2. The number of aliphatic hydroxyl groups excluding tert-OH is 1. The molecule has 1 N–H and O–H groups in total. The number of furan rings is 1. The summed E-state index contributed by atoms with van der Waals surface area (Å²) in [6.45, 7) is 7.59. The molecule has 38 heavy (non-hydrogen) atoms. The van der Waals surface area contributed by atoms with E-state index in [1.807, 2.05) is 22.5 Å². The van der Waals surface area contributed by atoms with Crippen molar-refractivity contribution >= 4 is 37.8 Å². The molecule has 0 saturated carbocycles. The Balaban J connectivity index is 1.77. The van der Waals surface area contributed by atoms with Crippen molar-refractivity contribution in [2.75, 3.05) is 31.4 Å². The summed E-state index contributed by atoms with van der Waals surface area (Å²) in [5.74, 6) is 0.165. The largest absolute Gasteiger partial charge is 0.484 e. The molecule has 2 aromatic carbocycles.